The van der Waals surface area contributed by atoms with Gasteiger partial charge in [0.15, 0.2) is 5.95 Å². The smallest absolute Gasteiger partial charge is 0.407 e. The van der Waals surface area contributed by atoms with Crippen LogP contribution in [0.2, 0.25) is 0 Å². The van der Waals surface area contributed by atoms with Crippen molar-refractivity contribution in [3.63, 3.8) is 0 Å². The van der Waals surface area contributed by atoms with E-state index >= 15 is 0 Å². The highest BCUT2D eigenvalue weighted by Gasteiger charge is 2.32. The number of carbonyl (C=O) groups excluding carboxylic acids is 1. The molecule has 0 radical (unpaired) electrons. The van der Waals surface area contributed by atoms with Crippen molar-refractivity contribution in [1.29, 1.82) is 0 Å². The first-order valence-corrected chi connectivity index (χ1v) is 14.1. The average Bonchev–Trinajstić information content (AvgIpc) is 3.51. The number of aliphatic hydroxyl groups is 1. The van der Waals surface area contributed by atoms with Crippen molar-refractivity contribution in [1.82, 2.24) is 19.6 Å². The Morgan fingerprint density at radius 2 is 2.03 bits per heavy atom. The Hall–Kier alpha value is -3.19. The zero-order valence-corrected chi connectivity index (χ0v) is 22.4. The van der Waals surface area contributed by atoms with Gasteiger partial charge in [0, 0.05) is 19.5 Å². The Morgan fingerprint density at radius 3 is 2.71 bits per heavy atom. The molecule has 11 nitrogen and oxygen atoms in total. The van der Waals surface area contributed by atoms with Gasteiger partial charge in [-0.05, 0) is 36.1 Å². The highest BCUT2D eigenvalue weighted by atomic mass is 32.2. The second-order valence-corrected chi connectivity index (χ2v) is 11.9. The van der Waals surface area contributed by atoms with Crippen LogP contribution in [0, 0.1) is 5.92 Å². The van der Waals surface area contributed by atoms with Crippen LogP contribution < -0.4 is 11.1 Å². The van der Waals surface area contributed by atoms with E-state index in [0.717, 1.165) is 5.56 Å². The number of amides is 1. The molecule has 1 aliphatic rings. The Balaban J connectivity index is 1.56. The maximum atomic E-state index is 13.7. The summed E-state index contributed by atoms with van der Waals surface area (Å²) >= 11 is 0. The van der Waals surface area contributed by atoms with Crippen LogP contribution in [0.1, 0.15) is 25.8 Å². The summed E-state index contributed by atoms with van der Waals surface area (Å²) < 4.78 is 39.4. The number of rotatable bonds is 11. The number of hydrogen-bond acceptors (Lipinski definition) is 8. The SMILES string of the molecule is CC(C)CN(C[C@@H](O)[C@H](Cc1ccccc1)NC(=O)O[C@H]1CCOC1)S(=O)(=O)c1ccc2nc(N)[nH]c2c1. The number of alkyl carbamates (subject to hydrolysis) is 1. The molecular formula is C26H35N5O6S. The summed E-state index contributed by atoms with van der Waals surface area (Å²) in [6, 6.07) is 13.1. The number of nitrogens with zero attached hydrogens (tertiary/aromatic N) is 2. The highest BCUT2D eigenvalue weighted by molar-refractivity contribution is 7.89. The number of aliphatic hydroxyl groups excluding tert-OH is 1. The van der Waals surface area contributed by atoms with Gasteiger partial charge in [-0.3, -0.25) is 0 Å². The van der Waals surface area contributed by atoms with Crippen molar-refractivity contribution >= 4 is 33.1 Å². The molecule has 1 aromatic heterocycles. The van der Waals surface area contributed by atoms with Crippen molar-refractivity contribution in [2.24, 2.45) is 5.92 Å². The minimum Gasteiger partial charge on any atom is -0.444 e. The van der Waals surface area contributed by atoms with Gasteiger partial charge in [0.25, 0.3) is 0 Å². The van der Waals surface area contributed by atoms with E-state index < -0.39 is 28.3 Å². The van der Waals surface area contributed by atoms with Crippen molar-refractivity contribution in [2.45, 2.75) is 49.8 Å². The lowest BCUT2D eigenvalue weighted by molar-refractivity contribution is 0.0644. The van der Waals surface area contributed by atoms with E-state index in [1.54, 1.807) is 6.07 Å². The van der Waals surface area contributed by atoms with Crippen molar-refractivity contribution in [3.05, 3.63) is 54.1 Å². The maximum Gasteiger partial charge on any atom is 0.407 e. The summed E-state index contributed by atoms with van der Waals surface area (Å²) in [5, 5.41) is 14.1. The predicted molar refractivity (Wildman–Crippen MR) is 143 cm³/mol. The van der Waals surface area contributed by atoms with E-state index in [1.165, 1.54) is 16.4 Å². The molecule has 1 amide bonds. The molecule has 1 fully saturated rings. The van der Waals surface area contributed by atoms with Crippen molar-refractivity contribution in [2.75, 3.05) is 32.0 Å². The molecule has 4 rings (SSSR count). The molecule has 5 N–H and O–H groups in total. The van der Waals surface area contributed by atoms with Gasteiger partial charge in [0.2, 0.25) is 10.0 Å². The van der Waals surface area contributed by atoms with E-state index in [2.05, 4.69) is 15.3 Å². The Labute approximate surface area is 222 Å². The molecule has 3 atom stereocenters. The van der Waals surface area contributed by atoms with Crippen LogP contribution in [0.3, 0.4) is 0 Å². The van der Waals surface area contributed by atoms with Gasteiger partial charge in [-0.25, -0.2) is 18.2 Å². The third kappa shape index (κ3) is 7.01. The number of fused-ring (bicyclic) bond motifs is 1. The third-order valence-electron chi connectivity index (χ3n) is 6.30. The lowest BCUT2D eigenvalue weighted by Crippen LogP contribution is -2.51. The summed E-state index contributed by atoms with van der Waals surface area (Å²) in [6.45, 7) is 4.58. The van der Waals surface area contributed by atoms with Crippen LogP contribution >= 0.6 is 0 Å². The average molecular weight is 546 g/mol. The van der Waals surface area contributed by atoms with Gasteiger partial charge in [-0.15, -0.1) is 0 Å². The number of nitrogens with two attached hydrogens (primary N) is 1. The molecular weight excluding hydrogens is 510 g/mol. The molecule has 38 heavy (non-hydrogen) atoms. The number of benzene rings is 2. The van der Waals surface area contributed by atoms with Gasteiger partial charge in [-0.1, -0.05) is 44.2 Å². The zero-order valence-electron chi connectivity index (χ0n) is 21.5. The van der Waals surface area contributed by atoms with Crippen LogP contribution in [-0.2, 0) is 25.9 Å². The number of nitrogens with one attached hydrogen (secondary N) is 2. The second kappa shape index (κ2) is 12.1. The monoisotopic (exact) mass is 545 g/mol. The molecule has 1 aliphatic heterocycles. The van der Waals surface area contributed by atoms with E-state index in [0.29, 0.717) is 30.7 Å². The second-order valence-electron chi connectivity index (χ2n) is 9.92. The molecule has 12 heteroatoms. The van der Waals surface area contributed by atoms with Gasteiger partial charge in [0.1, 0.15) is 6.10 Å². The van der Waals surface area contributed by atoms with Crippen LogP contribution in [-0.4, -0.2) is 78.4 Å². The molecule has 0 aliphatic carbocycles. The summed E-state index contributed by atoms with van der Waals surface area (Å²) in [5.74, 6) is 0.172. The molecule has 0 spiro atoms. The highest BCUT2D eigenvalue weighted by Crippen LogP contribution is 2.23. The molecule has 0 saturated carbocycles. The van der Waals surface area contributed by atoms with Crippen molar-refractivity contribution in [3.8, 4) is 0 Å². The molecule has 0 unspecified atom stereocenters. The Bertz CT molecular complexity index is 1320. The van der Waals surface area contributed by atoms with Crippen molar-refractivity contribution < 1.29 is 27.8 Å². The largest absolute Gasteiger partial charge is 0.444 e. The normalized spacial score (nSPS) is 17.7. The minimum atomic E-state index is -4.00. The Morgan fingerprint density at radius 1 is 1.26 bits per heavy atom. The van der Waals surface area contributed by atoms with E-state index in [1.807, 2.05) is 44.2 Å². The molecule has 3 aromatic rings. The first kappa shape index (κ1) is 27.8. The fourth-order valence-electron chi connectivity index (χ4n) is 4.43. The summed E-state index contributed by atoms with van der Waals surface area (Å²) in [5.41, 5.74) is 7.64. The summed E-state index contributed by atoms with van der Waals surface area (Å²) in [6.07, 6.45) is -1.36. The molecule has 1 saturated heterocycles. The number of aromatic nitrogens is 2. The van der Waals surface area contributed by atoms with E-state index in [-0.39, 0.29) is 42.4 Å². The number of aromatic amines is 1. The number of anilines is 1. The number of H-pyrrole nitrogens is 1. The van der Waals surface area contributed by atoms with Gasteiger partial charge in [0.05, 0.1) is 41.3 Å². The molecule has 0 bridgehead atoms. The zero-order chi connectivity index (χ0) is 27.3. The maximum absolute atomic E-state index is 13.7. The van der Waals surface area contributed by atoms with Crippen LogP contribution in [0.15, 0.2) is 53.4 Å². The lowest BCUT2D eigenvalue weighted by Gasteiger charge is -2.30. The number of nitrogen functional groups attached to an aromatic ring is 1. The van der Waals surface area contributed by atoms with Crippen LogP contribution in [0.25, 0.3) is 11.0 Å². The fraction of sp³-hybridized carbons (Fsp3) is 0.462. The number of imidazole rings is 1. The van der Waals surface area contributed by atoms with E-state index in [4.69, 9.17) is 15.2 Å². The summed E-state index contributed by atoms with van der Waals surface area (Å²) in [7, 11) is -4.00. The lowest BCUT2D eigenvalue weighted by atomic mass is 10.0. The first-order chi connectivity index (χ1) is 18.1. The fourth-order valence-corrected chi connectivity index (χ4v) is 6.07. The summed E-state index contributed by atoms with van der Waals surface area (Å²) in [4.78, 5) is 19.7. The van der Waals surface area contributed by atoms with Crippen LogP contribution in [0.5, 0.6) is 0 Å². The van der Waals surface area contributed by atoms with E-state index in [9.17, 15) is 18.3 Å². The predicted octanol–water partition coefficient (Wildman–Crippen LogP) is 2.28. The third-order valence-corrected chi connectivity index (χ3v) is 8.12. The minimum absolute atomic E-state index is 0.0173. The first-order valence-electron chi connectivity index (χ1n) is 12.6. The van der Waals surface area contributed by atoms with Gasteiger partial charge < -0.3 is 30.6 Å². The quantitative estimate of drug-likeness (QED) is 0.285. The number of sulfonamides is 1. The number of carbonyl (C=O) groups is 1. The Kier molecular flexibility index (Phi) is 8.87. The number of hydrogen-bond donors (Lipinski definition) is 4. The topological polar surface area (TPSA) is 160 Å². The standard InChI is InChI=1S/C26H35N5O6S/c1-17(2)14-31(38(34,35)20-8-9-21-22(13-20)29-25(27)28-21)15-24(32)23(12-18-6-4-3-5-7-18)30-26(33)37-19-10-11-36-16-19/h3-9,13,17,19,23-24,32H,10-12,14-16H2,1-2H3,(H,30,33)(H3,27,28,29)/t19-,23-,24+/m0/s1. The number of ether oxygens (including phenoxy) is 2. The molecule has 2 heterocycles. The molecule has 2 aromatic carbocycles. The van der Waals surface area contributed by atoms with Gasteiger partial charge >= 0.3 is 6.09 Å². The van der Waals surface area contributed by atoms with Gasteiger partial charge in [-0.2, -0.15) is 4.31 Å². The molecule has 206 valence electrons. The van der Waals surface area contributed by atoms with Crippen LogP contribution in [0.4, 0.5) is 10.7 Å².